The Morgan fingerprint density at radius 2 is 1.76 bits per heavy atom. The lowest BCUT2D eigenvalue weighted by atomic mass is 9.75. The van der Waals surface area contributed by atoms with Crippen molar-refractivity contribution in [2.75, 3.05) is 0 Å². The molecule has 1 heterocycles. The highest BCUT2D eigenvalue weighted by atomic mass is 16.1. The van der Waals surface area contributed by atoms with Gasteiger partial charge < -0.3 is 0 Å². The number of carbonyl (C=O) groups is 1. The Hall–Kier alpha value is -2.22. The number of nitrogens with zero attached hydrogens (tertiary/aromatic N) is 1. The first-order valence-electron chi connectivity index (χ1n) is 7.30. The van der Waals surface area contributed by atoms with E-state index in [1.807, 2.05) is 42.5 Å². The zero-order valence-corrected chi connectivity index (χ0v) is 12.5. The molecule has 3 rings (SSSR count). The molecule has 0 fully saturated rings. The topological polar surface area (TPSA) is 30.0 Å². The zero-order chi connectivity index (χ0) is 14.9. The van der Waals surface area contributed by atoms with Crippen molar-refractivity contribution in [2.24, 2.45) is 5.41 Å². The fourth-order valence-electron chi connectivity index (χ4n) is 2.79. The standard InChI is InChI=1S/C19H19NO/c1-19(2)12-17-16(18(21)13-19)11-10-15(20-17)9-8-14-6-4-3-5-7-14/h3-11H,12-13H2,1-2H3/b9-8+. The van der Waals surface area contributed by atoms with E-state index in [4.69, 9.17) is 0 Å². The van der Waals surface area contributed by atoms with E-state index in [-0.39, 0.29) is 11.2 Å². The number of aromatic nitrogens is 1. The van der Waals surface area contributed by atoms with Crippen LogP contribution in [0.3, 0.4) is 0 Å². The van der Waals surface area contributed by atoms with E-state index in [0.29, 0.717) is 6.42 Å². The van der Waals surface area contributed by atoms with Crippen molar-refractivity contribution in [2.45, 2.75) is 26.7 Å². The van der Waals surface area contributed by atoms with Gasteiger partial charge >= 0.3 is 0 Å². The molecule has 2 nitrogen and oxygen atoms in total. The molecule has 0 atom stereocenters. The third-order valence-electron chi connectivity index (χ3n) is 3.83. The predicted octanol–water partition coefficient (Wildman–Crippen LogP) is 4.41. The minimum absolute atomic E-state index is 0.0127. The zero-order valence-electron chi connectivity index (χ0n) is 12.5. The molecule has 2 heteroatoms. The number of pyridine rings is 1. The molecule has 0 bridgehead atoms. The molecule has 0 amide bonds. The van der Waals surface area contributed by atoms with Gasteiger partial charge in [-0.05, 0) is 35.6 Å². The Labute approximate surface area is 125 Å². The van der Waals surface area contributed by atoms with Gasteiger partial charge in [-0.25, -0.2) is 0 Å². The van der Waals surface area contributed by atoms with E-state index in [2.05, 4.69) is 31.0 Å². The Kier molecular flexibility index (Phi) is 3.46. The summed E-state index contributed by atoms with van der Waals surface area (Å²) >= 11 is 0. The van der Waals surface area contributed by atoms with Crippen molar-refractivity contribution in [3.8, 4) is 0 Å². The monoisotopic (exact) mass is 277 g/mol. The number of rotatable bonds is 2. The maximum absolute atomic E-state index is 12.1. The van der Waals surface area contributed by atoms with E-state index in [9.17, 15) is 4.79 Å². The van der Waals surface area contributed by atoms with Crippen LogP contribution in [0.1, 0.15) is 47.6 Å². The number of hydrogen-bond acceptors (Lipinski definition) is 2. The molecule has 0 unspecified atom stereocenters. The Bertz CT molecular complexity index is 699. The first kappa shape index (κ1) is 13.7. The molecule has 0 saturated carbocycles. The summed E-state index contributed by atoms with van der Waals surface area (Å²) in [6.45, 7) is 4.25. The second-order valence-electron chi connectivity index (χ2n) is 6.42. The molecule has 0 N–H and O–H groups in total. The average Bonchev–Trinajstić information content (AvgIpc) is 2.44. The molecule has 1 aliphatic rings. The van der Waals surface area contributed by atoms with Crippen molar-refractivity contribution in [1.29, 1.82) is 0 Å². The van der Waals surface area contributed by atoms with Crippen molar-refractivity contribution in [3.63, 3.8) is 0 Å². The highest BCUT2D eigenvalue weighted by Gasteiger charge is 2.31. The fraction of sp³-hybridized carbons (Fsp3) is 0.263. The van der Waals surface area contributed by atoms with Gasteiger partial charge in [0.1, 0.15) is 0 Å². The van der Waals surface area contributed by atoms with Crippen LogP contribution in [0.2, 0.25) is 0 Å². The highest BCUT2D eigenvalue weighted by Crippen LogP contribution is 2.33. The normalized spacial score (nSPS) is 17.0. The van der Waals surface area contributed by atoms with Gasteiger partial charge in [0, 0.05) is 12.0 Å². The van der Waals surface area contributed by atoms with E-state index in [1.165, 1.54) is 0 Å². The number of Topliss-reactive ketones (excluding diaryl/α,β-unsaturated/α-hetero) is 1. The summed E-state index contributed by atoms with van der Waals surface area (Å²) in [4.78, 5) is 16.8. The Morgan fingerprint density at radius 1 is 1.00 bits per heavy atom. The number of benzene rings is 1. The van der Waals surface area contributed by atoms with Crippen molar-refractivity contribution >= 4 is 17.9 Å². The third-order valence-corrected chi connectivity index (χ3v) is 3.83. The molecular weight excluding hydrogens is 258 g/mol. The molecular formula is C19H19NO. The van der Waals surface area contributed by atoms with Gasteiger partial charge in [-0.3, -0.25) is 9.78 Å². The van der Waals surface area contributed by atoms with E-state index in [0.717, 1.165) is 28.9 Å². The maximum atomic E-state index is 12.1. The van der Waals surface area contributed by atoms with Gasteiger partial charge in [0.15, 0.2) is 5.78 Å². The van der Waals surface area contributed by atoms with Crippen molar-refractivity contribution in [1.82, 2.24) is 4.98 Å². The molecule has 0 spiro atoms. The average molecular weight is 277 g/mol. The Balaban J connectivity index is 1.90. The van der Waals surface area contributed by atoms with Crippen LogP contribution in [-0.4, -0.2) is 10.8 Å². The van der Waals surface area contributed by atoms with Gasteiger partial charge in [0.25, 0.3) is 0 Å². The molecule has 0 saturated heterocycles. The summed E-state index contributed by atoms with van der Waals surface area (Å²) in [7, 11) is 0. The van der Waals surface area contributed by atoms with Gasteiger partial charge in [0.2, 0.25) is 0 Å². The largest absolute Gasteiger partial charge is 0.294 e. The number of ketones is 1. The molecule has 21 heavy (non-hydrogen) atoms. The molecule has 0 radical (unpaired) electrons. The summed E-state index contributed by atoms with van der Waals surface area (Å²) in [5, 5.41) is 0. The van der Waals surface area contributed by atoms with Crippen LogP contribution in [-0.2, 0) is 6.42 Å². The van der Waals surface area contributed by atoms with Crippen LogP contribution in [0.4, 0.5) is 0 Å². The van der Waals surface area contributed by atoms with Crippen LogP contribution in [0.5, 0.6) is 0 Å². The summed E-state index contributed by atoms with van der Waals surface area (Å²) in [5.74, 6) is 0.215. The van der Waals surface area contributed by atoms with Gasteiger partial charge in [-0.2, -0.15) is 0 Å². The number of hydrogen-bond donors (Lipinski definition) is 0. The summed E-state index contributed by atoms with van der Waals surface area (Å²) in [6.07, 6.45) is 5.52. The molecule has 1 aromatic heterocycles. The minimum atomic E-state index is 0.0127. The molecule has 2 aromatic rings. The lowest BCUT2D eigenvalue weighted by molar-refractivity contribution is 0.0910. The number of fused-ring (bicyclic) bond motifs is 1. The lowest BCUT2D eigenvalue weighted by Crippen LogP contribution is -2.27. The van der Waals surface area contributed by atoms with Crippen molar-refractivity contribution < 1.29 is 4.79 Å². The second kappa shape index (κ2) is 5.28. The van der Waals surface area contributed by atoms with Gasteiger partial charge in [-0.1, -0.05) is 50.3 Å². The van der Waals surface area contributed by atoms with Gasteiger partial charge in [-0.15, -0.1) is 0 Å². The number of carbonyl (C=O) groups excluding carboxylic acids is 1. The SMILES string of the molecule is CC1(C)CC(=O)c2ccc(/C=C/c3ccccc3)nc2C1. The fourth-order valence-corrected chi connectivity index (χ4v) is 2.79. The Morgan fingerprint density at radius 3 is 2.52 bits per heavy atom. The first-order valence-corrected chi connectivity index (χ1v) is 7.30. The van der Waals surface area contributed by atoms with Crippen LogP contribution in [0, 0.1) is 5.41 Å². The smallest absolute Gasteiger partial charge is 0.165 e. The first-order chi connectivity index (χ1) is 10.0. The minimum Gasteiger partial charge on any atom is -0.294 e. The third kappa shape index (κ3) is 3.10. The predicted molar refractivity (Wildman–Crippen MR) is 86.0 cm³/mol. The van der Waals surface area contributed by atoms with Gasteiger partial charge in [0.05, 0.1) is 11.4 Å². The molecule has 1 aromatic carbocycles. The molecule has 0 aliphatic heterocycles. The summed E-state index contributed by atoms with van der Waals surface area (Å²) in [6, 6.07) is 14.0. The second-order valence-corrected chi connectivity index (χ2v) is 6.42. The lowest BCUT2D eigenvalue weighted by Gasteiger charge is -2.29. The van der Waals surface area contributed by atoms with Crippen LogP contribution in [0.25, 0.3) is 12.2 Å². The van der Waals surface area contributed by atoms with Crippen LogP contribution in [0.15, 0.2) is 42.5 Å². The summed E-state index contributed by atoms with van der Waals surface area (Å²) < 4.78 is 0. The van der Waals surface area contributed by atoms with E-state index < -0.39 is 0 Å². The van der Waals surface area contributed by atoms with Crippen molar-refractivity contribution in [3.05, 3.63) is 65.0 Å². The molecule has 106 valence electrons. The van der Waals surface area contributed by atoms with E-state index in [1.54, 1.807) is 0 Å². The maximum Gasteiger partial charge on any atom is 0.165 e. The molecule has 1 aliphatic carbocycles. The van der Waals surface area contributed by atoms with Crippen LogP contribution >= 0.6 is 0 Å². The quantitative estimate of drug-likeness (QED) is 0.814. The highest BCUT2D eigenvalue weighted by molar-refractivity contribution is 5.98. The van der Waals surface area contributed by atoms with E-state index >= 15 is 0 Å². The summed E-state index contributed by atoms with van der Waals surface area (Å²) in [5.41, 5.74) is 3.80. The van der Waals surface area contributed by atoms with Crippen LogP contribution < -0.4 is 0 Å².